The summed E-state index contributed by atoms with van der Waals surface area (Å²) in [5.74, 6) is -0.524. The second-order valence-corrected chi connectivity index (χ2v) is 10.8. The molecule has 0 aliphatic carbocycles. The molecule has 1 aromatic carbocycles. The van der Waals surface area contributed by atoms with Gasteiger partial charge in [-0.2, -0.15) is 4.31 Å². The number of imidazole rings is 1. The number of hydrogen-bond acceptors (Lipinski definition) is 7. The van der Waals surface area contributed by atoms with Crippen molar-refractivity contribution >= 4 is 27.5 Å². The molecule has 0 bridgehead atoms. The minimum Gasteiger partial charge on any atom is -0.491 e. The van der Waals surface area contributed by atoms with Crippen LogP contribution in [0.4, 0.5) is 5.69 Å². The van der Waals surface area contributed by atoms with E-state index in [4.69, 9.17) is 9.47 Å². The number of carbonyl (C=O) groups is 2. The summed E-state index contributed by atoms with van der Waals surface area (Å²) in [7, 11) is 0.963. The number of nitrogens with one attached hydrogen (secondary N) is 1. The Kier molecular flexibility index (Phi) is 8.18. The molecule has 35 heavy (non-hydrogen) atoms. The molecular weight excluding hydrogens is 474 g/mol. The van der Waals surface area contributed by atoms with Gasteiger partial charge < -0.3 is 24.3 Å². The van der Waals surface area contributed by atoms with E-state index in [1.165, 1.54) is 28.7 Å². The zero-order valence-corrected chi connectivity index (χ0v) is 21.7. The van der Waals surface area contributed by atoms with E-state index in [1.54, 1.807) is 50.9 Å². The first-order chi connectivity index (χ1) is 16.4. The van der Waals surface area contributed by atoms with Gasteiger partial charge in [0, 0.05) is 59.2 Å². The van der Waals surface area contributed by atoms with Crippen molar-refractivity contribution in [1.29, 1.82) is 0 Å². The maximum atomic E-state index is 13.5. The summed E-state index contributed by atoms with van der Waals surface area (Å²) in [6.45, 7) is 5.38. The average molecular weight is 508 g/mol. The number of nitrogens with zero attached hydrogens (tertiary/aromatic N) is 4. The SMILES string of the molecule is CO[C@H]1CN(C)C(=O)c2ccc(NC(C)=O)cc2OC[C@@H](C)N(S(=O)(=O)c2cn(C)cn2)C[C@@H]1C. The number of aryl methyl sites for hydroxylation is 1. The molecule has 11 nitrogen and oxygen atoms in total. The fourth-order valence-corrected chi connectivity index (χ4v) is 5.68. The van der Waals surface area contributed by atoms with Gasteiger partial charge in [0.25, 0.3) is 15.9 Å². The Labute approximate surface area is 206 Å². The van der Waals surface area contributed by atoms with Crippen LogP contribution in [0.15, 0.2) is 35.7 Å². The summed E-state index contributed by atoms with van der Waals surface area (Å²) >= 11 is 0. The molecule has 0 fully saturated rings. The van der Waals surface area contributed by atoms with Crippen LogP contribution in [-0.2, 0) is 26.6 Å². The summed E-state index contributed by atoms with van der Waals surface area (Å²) in [6.07, 6.45) is 2.48. The average Bonchev–Trinajstić information content (AvgIpc) is 3.24. The summed E-state index contributed by atoms with van der Waals surface area (Å²) in [5, 5.41) is 2.62. The fraction of sp³-hybridized carbons (Fsp3) is 0.522. The van der Waals surface area contributed by atoms with E-state index in [0.29, 0.717) is 11.3 Å². The minimum atomic E-state index is -3.94. The van der Waals surface area contributed by atoms with Gasteiger partial charge in [-0.25, -0.2) is 13.4 Å². The Morgan fingerprint density at radius 3 is 2.54 bits per heavy atom. The van der Waals surface area contributed by atoms with Crippen molar-refractivity contribution in [3.63, 3.8) is 0 Å². The molecule has 1 aliphatic rings. The van der Waals surface area contributed by atoms with Crippen LogP contribution in [0.2, 0.25) is 0 Å². The van der Waals surface area contributed by atoms with Crippen molar-refractivity contribution in [2.24, 2.45) is 13.0 Å². The molecule has 2 amide bonds. The van der Waals surface area contributed by atoms with Crippen molar-refractivity contribution in [3.05, 3.63) is 36.3 Å². The highest BCUT2D eigenvalue weighted by Gasteiger charge is 2.35. The Balaban J connectivity index is 2.05. The maximum absolute atomic E-state index is 13.5. The Bertz CT molecular complexity index is 1180. The lowest BCUT2D eigenvalue weighted by molar-refractivity contribution is -0.114. The lowest BCUT2D eigenvalue weighted by Gasteiger charge is -2.35. The zero-order chi connectivity index (χ0) is 25.9. The van der Waals surface area contributed by atoms with Crippen LogP contribution in [0.3, 0.4) is 0 Å². The van der Waals surface area contributed by atoms with Crippen LogP contribution in [0, 0.1) is 5.92 Å². The Morgan fingerprint density at radius 2 is 1.94 bits per heavy atom. The molecule has 12 heteroatoms. The molecule has 192 valence electrons. The van der Waals surface area contributed by atoms with E-state index >= 15 is 0 Å². The van der Waals surface area contributed by atoms with Crippen LogP contribution in [0.25, 0.3) is 0 Å². The molecule has 1 N–H and O–H groups in total. The molecule has 2 heterocycles. The normalized spacial score (nSPS) is 22.5. The van der Waals surface area contributed by atoms with E-state index < -0.39 is 22.2 Å². The highest BCUT2D eigenvalue weighted by Crippen LogP contribution is 2.28. The number of fused-ring (bicyclic) bond motifs is 1. The van der Waals surface area contributed by atoms with Crippen molar-refractivity contribution in [1.82, 2.24) is 18.8 Å². The lowest BCUT2D eigenvalue weighted by Crippen LogP contribution is -2.48. The van der Waals surface area contributed by atoms with Gasteiger partial charge in [-0.1, -0.05) is 6.92 Å². The number of methoxy groups -OCH3 is 1. The quantitative estimate of drug-likeness (QED) is 0.666. The van der Waals surface area contributed by atoms with Gasteiger partial charge in [-0.05, 0) is 25.0 Å². The largest absolute Gasteiger partial charge is 0.491 e. The predicted octanol–water partition coefficient (Wildman–Crippen LogP) is 1.57. The molecule has 0 saturated carbocycles. The molecule has 0 radical (unpaired) electrons. The van der Waals surface area contributed by atoms with Gasteiger partial charge in [-0.15, -0.1) is 0 Å². The number of anilines is 1. The van der Waals surface area contributed by atoms with E-state index in [0.717, 1.165) is 0 Å². The zero-order valence-electron chi connectivity index (χ0n) is 20.9. The van der Waals surface area contributed by atoms with Gasteiger partial charge in [0.15, 0.2) is 5.03 Å². The summed E-state index contributed by atoms with van der Waals surface area (Å²) < 4.78 is 41.7. The first-order valence-corrected chi connectivity index (χ1v) is 12.7. The number of carbonyl (C=O) groups excluding carboxylic acids is 2. The minimum absolute atomic E-state index is 0.0239. The van der Waals surface area contributed by atoms with Gasteiger partial charge in [-0.3, -0.25) is 9.59 Å². The third-order valence-electron chi connectivity index (χ3n) is 5.96. The van der Waals surface area contributed by atoms with Gasteiger partial charge >= 0.3 is 0 Å². The van der Waals surface area contributed by atoms with Gasteiger partial charge in [0.2, 0.25) is 5.91 Å². The van der Waals surface area contributed by atoms with E-state index in [-0.39, 0.29) is 48.2 Å². The topological polar surface area (TPSA) is 123 Å². The molecular formula is C23H33N5O6S. The number of aromatic nitrogens is 2. The van der Waals surface area contributed by atoms with E-state index in [1.807, 2.05) is 6.92 Å². The number of sulfonamides is 1. The highest BCUT2D eigenvalue weighted by molar-refractivity contribution is 7.89. The van der Waals surface area contributed by atoms with Gasteiger partial charge in [0.1, 0.15) is 12.4 Å². The standard InChI is InChI=1S/C23H33N5O6S/c1-15-10-28(35(31,32)22-12-26(4)14-24-22)16(2)13-34-20-9-18(25-17(3)29)7-8-19(20)23(30)27(5)11-21(15)33-6/h7-9,12,14-16,21H,10-11,13H2,1-6H3,(H,25,29)/t15-,16+,21-/m0/s1. The van der Waals surface area contributed by atoms with Gasteiger partial charge in [0.05, 0.1) is 24.0 Å². The third kappa shape index (κ3) is 6.00. The number of hydrogen-bond donors (Lipinski definition) is 1. The number of likely N-dealkylation sites (N-methyl/N-ethyl adjacent to an activating group) is 1. The third-order valence-corrected chi connectivity index (χ3v) is 7.83. The number of amides is 2. The molecule has 2 aromatic rings. The molecule has 3 atom stereocenters. The smallest absolute Gasteiger partial charge is 0.262 e. The van der Waals surface area contributed by atoms with Crippen LogP contribution in [0.1, 0.15) is 31.1 Å². The second kappa shape index (κ2) is 10.8. The summed E-state index contributed by atoms with van der Waals surface area (Å²) in [4.78, 5) is 30.3. The predicted molar refractivity (Wildman–Crippen MR) is 130 cm³/mol. The summed E-state index contributed by atoms with van der Waals surface area (Å²) in [6, 6.07) is 4.18. The Hall–Kier alpha value is -2.96. The number of ether oxygens (including phenoxy) is 2. The molecule has 1 aromatic heterocycles. The molecule has 3 rings (SSSR count). The monoisotopic (exact) mass is 507 g/mol. The van der Waals surface area contributed by atoms with Crippen molar-refractivity contribution < 1.29 is 27.5 Å². The number of benzene rings is 1. The van der Waals surface area contributed by atoms with Crippen LogP contribution < -0.4 is 10.1 Å². The lowest BCUT2D eigenvalue weighted by atomic mass is 10.0. The molecule has 0 spiro atoms. The van der Waals surface area contributed by atoms with E-state index in [9.17, 15) is 18.0 Å². The summed E-state index contributed by atoms with van der Waals surface area (Å²) in [5.41, 5.74) is 0.767. The van der Waals surface area contributed by atoms with Crippen molar-refractivity contribution in [2.75, 3.05) is 39.2 Å². The van der Waals surface area contributed by atoms with Crippen LogP contribution in [-0.4, -0.2) is 85.0 Å². The van der Waals surface area contributed by atoms with Crippen molar-refractivity contribution in [2.45, 2.75) is 37.9 Å². The Morgan fingerprint density at radius 1 is 1.23 bits per heavy atom. The second-order valence-electron chi connectivity index (χ2n) is 8.94. The van der Waals surface area contributed by atoms with Crippen LogP contribution >= 0.6 is 0 Å². The molecule has 1 aliphatic heterocycles. The van der Waals surface area contributed by atoms with Crippen LogP contribution in [0.5, 0.6) is 5.75 Å². The first-order valence-electron chi connectivity index (χ1n) is 11.3. The fourth-order valence-electron chi connectivity index (χ4n) is 4.00. The van der Waals surface area contributed by atoms with Crippen molar-refractivity contribution in [3.8, 4) is 5.75 Å². The highest BCUT2D eigenvalue weighted by atomic mass is 32.2. The molecule has 0 saturated heterocycles. The first kappa shape index (κ1) is 26.6. The van der Waals surface area contributed by atoms with E-state index in [2.05, 4.69) is 10.3 Å². The molecule has 0 unspecified atom stereocenters. The number of rotatable bonds is 4. The maximum Gasteiger partial charge on any atom is 0.262 e.